The van der Waals surface area contributed by atoms with Crippen LogP contribution in [0.25, 0.3) is 6.08 Å². The Labute approximate surface area is 117 Å². The second kappa shape index (κ2) is 5.61. The van der Waals surface area contributed by atoms with Crippen molar-refractivity contribution in [3.8, 4) is 0 Å². The van der Waals surface area contributed by atoms with E-state index in [0.29, 0.717) is 0 Å². The molecule has 0 N–H and O–H groups in total. The van der Waals surface area contributed by atoms with Crippen LogP contribution in [-0.4, -0.2) is 12.3 Å². The molecule has 2 aromatic carbocycles. The first-order valence-electron chi connectivity index (χ1n) is 6.48. The van der Waals surface area contributed by atoms with Crippen molar-refractivity contribution in [2.75, 3.05) is 0 Å². The quantitative estimate of drug-likeness (QED) is 0.788. The number of carbonyl (C=O) groups is 1. The summed E-state index contributed by atoms with van der Waals surface area (Å²) in [6, 6.07) is 19.5. The van der Waals surface area contributed by atoms with Crippen molar-refractivity contribution in [2.45, 2.75) is 12.2 Å². The molecule has 1 unspecified atom stereocenters. The van der Waals surface area contributed by atoms with Gasteiger partial charge in [-0.05, 0) is 17.2 Å². The Hall–Kier alpha value is -2.55. The predicted octanol–water partition coefficient (Wildman–Crippen LogP) is 3.98. The molecule has 20 heavy (non-hydrogen) atoms. The first-order chi connectivity index (χ1) is 9.83. The monoisotopic (exact) mass is 266 g/mol. The Kier molecular flexibility index (Phi) is 3.50. The summed E-state index contributed by atoms with van der Waals surface area (Å²) in [5, 5.41) is 0. The molecule has 0 spiro atoms. The van der Waals surface area contributed by atoms with Crippen LogP contribution in [0.5, 0.6) is 0 Å². The largest absolute Gasteiger partial charge is 0.509 e. The third-order valence-corrected chi connectivity index (χ3v) is 3.16. The summed E-state index contributed by atoms with van der Waals surface area (Å²) in [6.45, 7) is 0. The van der Waals surface area contributed by atoms with Gasteiger partial charge in [0, 0.05) is 0 Å². The topological polar surface area (TPSA) is 35.5 Å². The van der Waals surface area contributed by atoms with Crippen LogP contribution < -0.4 is 0 Å². The van der Waals surface area contributed by atoms with E-state index in [4.69, 9.17) is 9.47 Å². The number of benzene rings is 2. The van der Waals surface area contributed by atoms with E-state index in [2.05, 4.69) is 0 Å². The highest BCUT2D eigenvalue weighted by atomic mass is 16.8. The maximum Gasteiger partial charge on any atom is 0.509 e. The van der Waals surface area contributed by atoms with E-state index >= 15 is 0 Å². The summed E-state index contributed by atoms with van der Waals surface area (Å²) in [5.41, 5.74) is 1.99. The van der Waals surface area contributed by atoms with Crippen molar-refractivity contribution in [1.82, 2.24) is 0 Å². The number of hydrogen-bond acceptors (Lipinski definition) is 3. The van der Waals surface area contributed by atoms with Crippen LogP contribution in [0.2, 0.25) is 0 Å². The summed E-state index contributed by atoms with van der Waals surface area (Å²) in [4.78, 5) is 11.4. The first-order valence-corrected chi connectivity index (χ1v) is 6.48. The van der Waals surface area contributed by atoms with Crippen LogP contribution in [0, 0.1) is 0 Å². The van der Waals surface area contributed by atoms with E-state index in [0.717, 1.165) is 11.1 Å². The third kappa shape index (κ3) is 2.72. The van der Waals surface area contributed by atoms with E-state index in [1.165, 1.54) is 0 Å². The molecule has 0 aliphatic carbocycles. The van der Waals surface area contributed by atoms with Crippen LogP contribution in [0.1, 0.15) is 17.2 Å². The van der Waals surface area contributed by atoms with Crippen molar-refractivity contribution in [1.29, 1.82) is 0 Å². The minimum atomic E-state index is -0.624. The van der Waals surface area contributed by atoms with E-state index in [-0.39, 0.29) is 6.10 Å². The lowest BCUT2D eigenvalue weighted by atomic mass is 10.0. The zero-order valence-electron chi connectivity index (χ0n) is 10.8. The van der Waals surface area contributed by atoms with Crippen LogP contribution in [0.4, 0.5) is 4.79 Å². The lowest BCUT2D eigenvalue weighted by Crippen LogP contribution is -2.11. The van der Waals surface area contributed by atoms with Gasteiger partial charge in [0.15, 0.2) is 12.2 Å². The van der Waals surface area contributed by atoms with Crippen molar-refractivity contribution < 1.29 is 14.3 Å². The van der Waals surface area contributed by atoms with E-state index in [1.807, 2.05) is 72.8 Å². The molecular formula is C17H14O3. The highest BCUT2D eigenvalue weighted by Crippen LogP contribution is 2.31. The molecule has 1 heterocycles. The molecule has 3 rings (SSSR count). The molecule has 0 bridgehead atoms. The molecule has 0 aromatic heterocycles. The van der Waals surface area contributed by atoms with Gasteiger partial charge in [0.05, 0.1) is 0 Å². The smallest absolute Gasteiger partial charge is 0.422 e. The van der Waals surface area contributed by atoms with Gasteiger partial charge in [0.25, 0.3) is 0 Å². The second-order valence-corrected chi connectivity index (χ2v) is 4.55. The molecule has 0 radical (unpaired) electrons. The third-order valence-electron chi connectivity index (χ3n) is 3.16. The number of cyclic esters (lactones) is 2. The Bertz CT molecular complexity index is 605. The zero-order valence-corrected chi connectivity index (χ0v) is 10.8. The van der Waals surface area contributed by atoms with Crippen molar-refractivity contribution >= 4 is 12.2 Å². The summed E-state index contributed by atoms with van der Waals surface area (Å²) >= 11 is 0. The summed E-state index contributed by atoms with van der Waals surface area (Å²) in [5.74, 6) is 0. The zero-order chi connectivity index (χ0) is 13.8. The van der Waals surface area contributed by atoms with Crippen LogP contribution >= 0.6 is 0 Å². The van der Waals surface area contributed by atoms with Crippen molar-refractivity contribution in [3.63, 3.8) is 0 Å². The Morgan fingerprint density at radius 1 is 0.850 bits per heavy atom. The van der Waals surface area contributed by atoms with Gasteiger partial charge in [-0.3, -0.25) is 0 Å². The molecule has 3 heteroatoms. The first kappa shape index (κ1) is 12.5. The van der Waals surface area contributed by atoms with Gasteiger partial charge in [-0.1, -0.05) is 66.7 Å². The molecule has 1 aliphatic heterocycles. The molecule has 0 saturated carbocycles. The second-order valence-electron chi connectivity index (χ2n) is 4.55. The van der Waals surface area contributed by atoms with Gasteiger partial charge < -0.3 is 9.47 Å². The van der Waals surface area contributed by atoms with E-state index in [9.17, 15) is 4.79 Å². The van der Waals surface area contributed by atoms with Gasteiger partial charge in [0.2, 0.25) is 0 Å². The van der Waals surface area contributed by atoms with Gasteiger partial charge in [-0.25, -0.2) is 4.79 Å². The fraction of sp³-hybridized carbons (Fsp3) is 0.118. The SMILES string of the molecule is O=C1OC(/C=C/c2ccccc2)[C@@H](c2ccccc2)O1. The van der Waals surface area contributed by atoms with Crippen LogP contribution in [0.15, 0.2) is 66.7 Å². The molecule has 1 aliphatic rings. The van der Waals surface area contributed by atoms with Crippen molar-refractivity contribution in [3.05, 3.63) is 77.9 Å². The normalized spacial score (nSPS) is 21.7. The Morgan fingerprint density at radius 3 is 2.20 bits per heavy atom. The van der Waals surface area contributed by atoms with Gasteiger partial charge in [-0.2, -0.15) is 0 Å². The molecule has 1 fully saturated rings. The van der Waals surface area contributed by atoms with E-state index < -0.39 is 12.3 Å². The maximum absolute atomic E-state index is 11.4. The standard InChI is InChI=1S/C17H14O3/c18-17-19-15(12-11-13-7-3-1-4-8-13)16(20-17)14-9-5-2-6-10-14/h1-12,15-16H/b12-11+/t15?,16-/m1/s1. The summed E-state index contributed by atoms with van der Waals surface area (Å²) in [7, 11) is 0. The molecule has 100 valence electrons. The lowest BCUT2D eigenvalue weighted by Gasteiger charge is -2.12. The lowest BCUT2D eigenvalue weighted by molar-refractivity contribution is 0.117. The molecular weight excluding hydrogens is 252 g/mol. The molecule has 2 aromatic rings. The van der Waals surface area contributed by atoms with Gasteiger partial charge >= 0.3 is 6.16 Å². The highest BCUT2D eigenvalue weighted by molar-refractivity contribution is 5.64. The molecule has 1 saturated heterocycles. The number of rotatable bonds is 3. The van der Waals surface area contributed by atoms with E-state index in [1.54, 1.807) is 0 Å². The predicted molar refractivity (Wildman–Crippen MR) is 76.0 cm³/mol. The number of hydrogen-bond donors (Lipinski definition) is 0. The number of ether oxygens (including phenoxy) is 2. The Balaban J connectivity index is 1.81. The number of carbonyl (C=O) groups excluding carboxylic acids is 1. The fourth-order valence-electron chi connectivity index (χ4n) is 2.18. The van der Waals surface area contributed by atoms with Crippen molar-refractivity contribution in [2.24, 2.45) is 0 Å². The molecule has 3 nitrogen and oxygen atoms in total. The Morgan fingerprint density at radius 2 is 1.50 bits per heavy atom. The minimum Gasteiger partial charge on any atom is -0.422 e. The van der Waals surface area contributed by atoms with Crippen LogP contribution in [0.3, 0.4) is 0 Å². The highest BCUT2D eigenvalue weighted by Gasteiger charge is 2.35. The molecule has 0 amide bonds. The average Bonchev–Trinajstić information content (AvgIpc) is 2.88. The summed E-state index contributed by atoms with van der Waals surface area (Å²) in [6.07, 6.45) is 2.39. The van der Waals surface area contributed by atoms with Gasteiger partial charge in [0.1, 0.15) is 0 Å². The average molecular weight is 266 g/mol. The summed E-state index contributed by atoms with van der Waals surface area (Å²) < 4.78 is 10.4. The minimum absolute atomic E-state index is 0.385. The molecule has 2 atom stereocenters. The fourth-order valence-corrected chi connectivity index (χ4v) is 2.18. The van der Waals surface area contributed by atoms with Crippen LogP contribution in [-0.2, 0) is 9.47 Å². The van der Waals surface area contributed by atoms with Gasteiger partial charge in [-0.15, -0.1) is 0 Å². The maximum atomic E-state index is 11.4.